The Balaban J connectivity index is 2.50. The minimum absolute atomic E-state index is 0.0751. The molecule has 1 heterocycles. The predicted molar refractivity (Wildman–Crippen MR) is 59.0 cm³/mol. The molecule has 0 saturated carbocycles. The normalized spacial score (nSPS) is 11.4. The van der Waals surface area contributed by atoms with E-state index in [4.69, 9.17) is 4.74 Å². The third-order valence-corrected chi connectivity index (χ3v) is 2.39. The summed E-state index contributed by atoms with van der Waals surface area (Å²) >= 11 is 0. The monoisotopic (exact) mass is 272 g/mol. The van der Waals surface area contributed by atoms with Gasteiger partial charge < -0.3 is 4.74 Å². The van der Waals surface area contributed by atoms with Gasteiger partial charge in [-0.1, -0.05) is 0 Å². The van der Waals surface area contributed by atoms with Crippen LogP contribution in [0, 0.1) is 5.82 Å². The van der Waals surface area contributed by atoms with Gasteiger partial charge in [-0.25, -0.2) is 4.39 Å². The molecule has 19 heavy (non-hydrogen) atoms. The van der Waals surface area contributed by atoms with Crippen LogP contribution in [0.2, 0.25) is 0 Å². The van der Waals surface area contributed by atoms with Crippen LogP contribution < -0.4 is 4.74 Å². The van der Waals surface area contributed by atoms with Crippen LogP contribution in [-0.2, 0) is 6.18 Å². The molecule has 1 aromatic heterocycles. The summed E-state index contributed by atoms with van der Waals surface area (Å²) in [7, 11) is 1.23. The molecule has 0 aliphatic carbocycles. The largest absolute Gasteiger partial charge is 0.494 e. The van der Waals surface area contributed by atoms with Crippen molar-refractivity contribution in [2.45, 2.75) is 6.18 Å². The van der Waals surface area contributed by atoms with Crippen molar-refractivity contribution in [1.82, 2.24) is 10.2 Å². The van der Waals surface area contributed by atoms with E-state index in [9.17, 15) is 17.6 Å². The molecule has 0 atom stereocenters. The lowest BCUT2D eigenvalue weighted by molar-refractivity contribution is -0.141. The summed E-state index contributed by atoms with van der Waals surface area (Å²) in [6.07, 6.45) is -4.60. The second kappa shape index (κ2) is 4.83. The van der Waals surface area contributed by atoms with Crippen molar-refractivity contribution in [2.75, 3.05) is 7.11 Å². The van der Waals surface area contributed by atoms with Crippen molar-refractivity contribution in [3.63, 3.8) is 0 Å². The highest BCUT2D eigenvalue weighted by atomic mass is 19.4. The van der Waals surface area contributed by atoms with E-state index in [1.165, 1.54) is 31.4 Å². The molecule has 3 nitrogen and oxygen atoms in total. The van der Waals surface area contributed by atoms with Crippen LogP contribution in [0.3, 0.4) is 0 Å². The Bertz CT molecular complexity index is 581. The Morgan fingerprint density at radius 2 is 1.68 bits per heavy atom. The first-order valence-corrected chi connectivity index (χ1v) is 5.16. The number of rotatable bonds is 2. The molecule has 0 fully saturated rings. The zero-order valence-corrected chi connectivity index (χ0v) is 9.70. The van der Waals surface area contributed by atoms with Crippen LogP contribution >= 0.6 is 0 Å². The minimum Gasteiger partial charge on any atom is -0.494 e. The summed E-state index contributed by atoms with van der Waals surface area (Å²) in [5.41, 5.74) is -0.606. The Morgan fingerprint density at radius 1 is 1.05 bits per heavy atom. The summed E-state index contributed by atoms with van der Waals surface area (Å²) in [5, 5.41) is 6.61. The predicted octanol–water partition coefficient (Wildman–Crippen LogP) is 3.31. The standard InChI is InChI=1S/C12H8F4N2O/c1-19-9-6-10(12(14,15)16)17-18-11(9)7-2-4-8(13)5-3-7/h2-6H,1H3. The Kier molecular flexibility index (Phi) is 3.37. The zero-order chi connectivity index (χ0) is 14.0. The summed E-state index contributed by atoms with van der Waals surface area (Å²) < 4.78 is 55.1. The van der Waals surface area contributed by atoms with E-state index in [2.05, 4.69) is 10.2 Å². The van der Waals surface area contributed by atoms with Gasteiger partial charge in [-0.2, -0.15) is 13.2 Å². The number of aromatic nitrogens is 2. The summed E-state index contributed by atoms with van der Waals surface area (Å²) in [4.78, 5) is 0. The van der Waals surface area contributed by atoms with Gasteiger partial charge in [0.1, 0.15) is 17.3 Å². The quantitative estimate of drug-likeness (QED) is 0.787. The summed E-state index contributed by atoms with van der Waals surface area (Å²) in [6.45, 7) is 0. The smallest absolute Gasteiger partial charge is 0.435 e. The second-order valence-electron chi connectivity index (χ2n) is 3.65. The van der Waals surface area contributed by atoms with Crippen LogP contribution in [0.15, 0.2) is 30.3 Å². The zero-order valence-electron chi connectivity index (χ0n) is 9.70. The van der Waals surface area contributed by atoms with E-state index < -0.39 is 17.7 Å². The highest BCUT2D eigenvalue weighted by Crippen LogP contribution is 2.33. The van der Waals surface area contributed by atoms with Crippen molar-refractivity contribution >= 4 is 0 Å². The highest BCUT2D eigenvalue weighted by Gasteiger charge is 2.34. The lowest BCUT2D eigenvalue weighted by Gasteiger charge is -2.10. The third-order valence-electron chi connectivity index (χ3n) is 2.39. The fourth-order valence-corrected chi connectivity index (χ4v) is 1.48. The first-order valence-electron chi connectivity index (χ1n) is 5.16. The van der Waals surface area contributed by atoms with Crippen molar-refractivity contribution in [3.8, 4) is 17.0 Å². The van der Waals surface area contributed by atoms with E-state index in [1.807, 2.05) is 0 Å². The topological polar surface area (TPSA) is 35.0 Å². The Labute approximate surface area is 105 Å². The average molecular weight is 272 g/mol. The molecule has 0 amide bonds. The van der Waals surface area contributed by atoms with Gasteiger partial charge in [0.25, 0.3) is 0 Å². The molecule has 0 N–H and O–H groups in total. The molecule has 1 aromatic carbocycles. The van der Waals surface area contributed by atoms with Gasteiger partial charge in [-0.05, 0) is 24.3 Å². The SMILES string of the molecule is COc1cc(C(F)(F)F)nnc1-c1ccc(F)cc1. The lowest BCUT2D eigenvalue weighted by atomic mass is 10.1. The van der Waals surface area contributed by atoms with E-state index in [1.54, 1.807) is 0 Å². The first-order chi connectivity index (χ1) is 8.91. The van der Waals surface area contributed by atoms with Gasteiger partial charge in [0.15, 0.2) is 5.69 Å². The first kappa shape index (κ1) is 13.3. The van der Waals surface area contributed by atoms with Crippen molar-refractivity contribution in [2.24, 2.45) is 0 Å². The molecule has 0 spiro atoms. The molecule has 0 unspecified atom stereocenters. The van der Waals surface area contributed by atoms with Crippen molar-refractivity contribution < 1.29 is 22.3 Å². The third kappa shape index (κ3) is 2.81. The molecular formula is C12H8F4N2O. The van der Waals surface area contributed by atoms with Gasteiger partial charge in [0.2, 0.25) is 0 Å². The van der Waals surface area contributed by atoms with Gasteiger partial charge in [0.05, 0.1) is 7.11 Å². The molecule has 100 valence electrons. The van der Waals surface area contributed by atoms with Gasteiger partial charge >= 0.3 is 6.18 Å². The number of benzene rings is 1. The summed E-state index contributed by atoms with van der Waals surface area (Å²) in [6, 6.07) is 5.87. The lowest BCUT2D eigenvalue weighted by Crippen LogP contribution is -2.10. The molecule has 0 aliphatic rings. The van der Waals surface area contributed by atoms with E-state index >= 15 is 0 Å². The van der Waals surface area contributed by atoms with Crippen molar-refractivity contribution in [1.29, 1.82) is 0 Å². The maximum atomic E-state index is 12.8. The number of alkyl halides is 3. The summed E-state index contributed by atoms with van der Waals surface area (Å²) in [5.74, 6) is -0.531. The van der Waals surface area contributed by atoms with Crippen LogP contribution in [0.4, 0.5) is 17.6 Å². The van der Waals surface area contributed by atoms with Crippen LogP contribution in [-0.4, -0.2) is 17.3 Å². The molecule has 0 aliphatic heterocycles. The van der Waals surface area contributed by atoms with Gasteiger partial charge in [-0.15, -0.1) is 10.2 Å². The maximum absolute atomic E-state index is 12.8. The molecular weight excluding hydrogens is 264 g/mol. The number of hydrogen-bond acceptors (Lipinski definition) is 3. The highest BCUT2D eigenvalue weighted by molar-refractivity contribution is 5.65. The van der Waals surface area contributed by atoms with Crippen LogP contribution in [0.1, 0.15) is 5.69 Å². The van der Waals surface area contributed by atoms with E-state index in [-0.39, 0.29) is 11.4 Å². The van der Waals surface area contributed by atoms with Crippen LogP contribution in [0.5, 0.6) is 5.75 Å². The van der Waals surface area contributed by atoms with Gasteiger partial charge in [-0.3, -0.25) is 0 Å². The molecule has 0 bridgehead atoms. The fourth-order valence-electron chi connectivity index (χ4n) is 1.48. The molecule has 0 saturated heterocycles. The number of methoxy groups -OCH3 is 1. The molecule has 2 rings (SSSR count). The van der Waals surface area contributed by atoms with Crippen LogP contribution in [0.25, 0.3) is 11.3 Å². The van der Waals surface area contributed by atoms with E-state index in [0.29, 0.717) is 5.56 Å². The Hall–Kier alpha value is -2.18. The second-order valence-corrected chi connectivity index (χ2v) is 3.65. The van der Waals surface area contributed by atoms with E-state index in [0.717, 1.165) is 6.07 Å². The minimum atomic E-state index is -4.60. The number of hydrogen-bond donors (Lipinski definition) is 0. The molecule has 0 radical (unpaired) electrons. The van der Waals surface area contributed by atoms with Crippen molar-refractivity contribution in [3.05, 3.63) is 41.8 Å². The fraction of sp³-hybridized carbons (Fsp3) is 0.167. The number of halogens is 4. The molecule has 7 heteroatoms. The Morgan fingerprint density at radius 3 is 2.21 bits per heavy atom. The maximum Gasteiger partial charge on any atom is 0.435 e. The van der Waals surface area contributed by atoms with Gasteiger partial charge in [0, 0.05) is 11.6 Å². The number of nitrogens with zero attached hydrogens (tertiary/aromatic N) is 2. The number of ether oxygens (including phenoxy) is 1. The molecule has 2 aromatic rings. The average Bonchev–Trinajstić information content (AvgIpc) is 2.38.